The molecule has 1 aromatic rings. The molecule has 0 aromatic carbocycles. The number of H-pyrrole nitrogens is 1. The molecule has 0 amide bonds. The number of rotatable bonds is 16. The van der Waals surface area contributed by atoms with Gasteiger partial charge in [-0.2, -0.15) is 0 Å². The van der Waals surface area contributed by atoms with Crippen molar-refractivity contribution < 1.29 is 38.3 Å². The number of nitrogens with zero attached hydrogens (tertiary/aromatic N) is 2. The quantitative estimate of drug-likeness (QED) is 0.172. The average molecular weight is 566 g/mol. The maximum atomic E-state index is 11.6. The number of unbranched alkanes of at least 4 members (excludes halogenated alkanes) is 4. The number of hydrogen-bond acceptors (Lipinski definition) is 8. The van der Waals surface area contributed by atoms with Gasteiger partial charge in [-0.05, 0) is 25.7 Å². The number of aromatic amines is 1. The molecule has 3 unspecified atom stereocenters. The first-order chi connectivity index (χ1) is 17.9. The van der Waals surface area contributed by atoms with Crippen LogP contribution in [0.3, 0.4) is 0 Å². The van der Waals surface area contributed by atoms with Crippen molar-refractivity contribution in [1.29, 1.82) is 0 Å². The number of aromatic nitrogens is 2. The second-order valence-electron chi connectivity index (χ2n) is 9.98. The van der Waals surface area contributed by atoms with Crippen molar-refractivity contribution in [3.05, 3.63) is 33.1 Å². The monoisotopic (exact) mass is 565 g/mol. The standard InChI is InChI=1S/C16H36N.C9H13N2O9P/c1-5-9-13-17(14-10-6-2,15-11-7-3)16-12-8-4;12-5-1-2-11(9(15)10-5)8-7(14)6(13)4(20-8)3-19-21(16,17)18/h5-16H2,1-4H3;1-2,4,6-8,13-14H,3H2,(H,10,12,15)(H2,16,17,18)/q+1;/p-1/t;4-,6?,7?,8-/m.0/s1. The number of aliphatic hydroxyl groups excluding tert-OH is 2. The van der Waals surface area contributed by atoms with E-state index in [2.05, 4.69) is 32.2 Å². The summed E-state index contributed by atoms with van der Waals surface area (Å²) in [6.07, 6.45) is 6.36. The Balaban J connectivity index is 0.000000391. The maximum Gasteiger partial charge on any atom is 0.330 e. The average Bonchev–Trinajstić information content (AvgIpc) is 3.15. The van der Waals surface area contributed by atoms with Crippen LogP contribution >= 0.6 is 7.82 Å². The number of phosphoric acid groups is 1. The minimum absolute atomic E-state index is 0.656. The van der Waals surface area contributed by atoms with Crippen LogP contribution in [0.25, 0.3) is 0 Å². The van der Waals surface area contributed by atoms with E-state index in [1.807, 2.05) is 4.98 Å². The summed E-state index contributed by atoms with van der Waals surface area (Å²) < 4.78 is 21.9. The van der Waals surface area contributed by atoms with Gasteiger partial charge in [0.1, 0.15) is 18.3 Å². The van der Waals surface area contributed by atoms with Gasteiger partial charge in [0.05, 0.1) is 32.8 Å². The van der Waals surface area contributed by atoms with Crippen LogP contribution in [0.1, 0.15) is 85.3 Å². The van der Waals surface area contributed by atoms with Gasteiger partial charge in [0.2, 0.25) is 0 Å². The van der Waals surface area contributed by atoms with Crippen LogP contribution in [0.15, 0.2) is 21.9 Å². The molecule has 0 saturated carbocycles. The molecule has 12 nitrogen and oxygen atoms in total. The highest BCUT2D eigenvalue weighted by molar-refractivity contribution is 7.44. The molecule has 222 valence electrons. The number of aliphatic hydroxyl groups is 2. The summed E-state index contributed by atoms with van der Waals surface area (Å²) >= 11 is 0. The van der Waals surface area contributed by atoms with Crippen molar-refractivity contribution in [2.45, 2.75) is 104 Å². The van der Waals surface area contributed by atoms with Crippen LogP contribution in [0.2, 0.25) is 0 Å². The van der Waals surface area contributed by atoms with E-state index in [1.165, 1.54) is 82.0 Å². The van der Waals surface area contributed by atoms with Crippen LogP contribution in [-0.2, 0) is 13.8 Å². The van der Waals surface area contributed by atoms with Gasteiger partial charge in [-0.15, -0.1) is 0 Å². The van der Waals surface area contributed by atoms with Gasteiger partial charge in [-0.3, -0.25) is 18.9 Å². The summed E-state index contributed by atoms with van der Waals surface area (Å²) in [6, 6.07) is 1.01. The van der Waals surface area contributed by atoms with E-state index in [0.29, 0.717) is 0 Å². The van der Waals surface area contributed by atoms with Gasteiger partial charge < -0.3 is 33.7 Å². The third-order valence-corrected chi connectivity index (χ3v) is 7.28. The fourth-order valence-electron chi connectivity index (χ4n) is 4.54. The highest BCUT2D eigenvalue weighted by atomic mass is 31.2. The molecular formula is C25H48N3O9P. The largest absolute Gasteiger partial charge is 0.756 e. The van der Waals surface area contributed by atoms with Crippen LogP contribution in [0.4, 0.5) is 0 Å². The van der Waals surface area contributed by atoms with Gasteiger partial charge >= 0.3 is 5.69 Å². The van der Waals surface area contributed by atoms with Crippen LogP contribution in [0, 0.1) is 0 Å². The first kappa shape index (κ1) is 34.7. The molecule has 1 aliphatic heterocycles. The lowest BCUT2D eigenvalue weighted by Gasteiger charge is -2.39. The van der Waals surface area contributed by atoms with Gasteiger partial charge in [-0.1, -0.05) is 53.4 Å². The van der Waals surface area contributed by atoms with E-state index in [9.17, 15) is 29.3 Å². The molecule has 2 heterocycles. The topological polar surface area (TPSA) is 174 Å². The number of quaternary nitrogens is 1. The molecule has 0 radical (unpaired) electrons. The summed E-state index contributed by atoms with van der Waals surface area (Å²) in [5.74, 6) is 0. The van der Waals surface area contributed by atoms with Gasteiger partial charge in [0.25, 0.3) is 13.4 Å². The molecule has 4 N–H and O–H groups in total. The van der Waals surface area contributed by atoms with Gasteiger partial charge in [-0.25, -0.2) is 4.79 Å². The number of nitrogens with one attached hydrogen (secondary N) is 1. The molecule has 1 fully saturated rings. The van der Waals surface area contributed by atoms with Crippen LogP contribution < -0.4 is 16.1 Å². The molecule has 0 aliphatic carbocycles. The van der Waals surface area contributed by atoms with Crippen molar-refractivity contribution in [2.24, 2.45) is 0 Å². The Kier molecular flexibility index (Phi) is 15.8. The number of hydrogen-bond donors (Lipinski definition) is 4. The summed E-state index contributed by atoms with van der Waals surface area (Å²) in [7, 11) is -5.01. The zero-order valence-electron chi connectivity index (χ0n) is 23.3. The fourth-order valence-corrected chi connectivity index (χ4v) is 4.87. The highest BCUT2D eigenvalue weighted by Gasteiger charge is 2.44. The SMILES string of the molecule is CCCC[N+](CCCC)(CCCC)CCCC.O=c1ccn([C@H]2O[C@@H](COP(=O)([O-])O)C(O)C2O)c(=O)[nH]1. The number of phosphoric ester groups is 1. The first-order valence-corrected chi connectivity index (χ1v) is 15.3. The normalized spacial score (nSPS) is 23.1. The molecule has 0 spiro atoms. The molecule has 2 rings (SSSR count). The molecular weight excluding hydrogens is 517 g/mol. The minimum atomic E-state index is -5.01. The third kappa shape index (κ3) is 11.8. The van der Waals surface area contributed by atoms with E-state index in [4.69, 9.17) is 9.63 Å². The summed E-state index contributed by atoms with van der Waals surface area (Å²) in [4.78, 5) is 43.4. The molecule has 13 heteroatoms. The van der Waals surface area contributed by atoms with E-state index in [0.717, 1.165) is 16.8 Å². The lowest BCUT2D eigenvalue weighted by atomic mass is 10.1. The van der Waals surface area contributed by atoms with E-state index < -0.39 is 50.2 Å². The third-order valence-electron chi connectivity index (χ3n) is 6.81. The Morgan fingerprint density at radius 1 is 0.974 bits per heavy atom. The second kappa shape index (κ2) is 17.3. The maximum absolute atomic E-state index is 11.6. The van der Waals surface area contributed by atoms with Crippen molar-refractivity contribution in [3.8, 4) is 0 Å². The molecule has 1 saturated heterocycles. The molecule has 1 aromatic heterocycles. The summed E-state index contributed by atoms with van der Waals surface area (Å²) in [5, 5.41) is 19.5. The molecule has 5 atom stereocenters. The van der Waals surface area contributed by atoms with E-state index in [1.54, 1.807) is 0 Å². The minimum Gasteiger partial charge on any atom is -0.756 e. The van der Waals surface area contributed by atoms with Gasteiger partial charge in [0, 0.05) is 12.3 Å². The second-order valence-corrected chi connectivity index (χ2v) is 11.2. The predicted octanol–water partition coefficient (Wildman–Crippen LogP) is 1.64. The van der Waals surface area contributed by atoms with E-state index in [-0.39, 0.29) is 0 Å². The zero-order valence-corrected chi connectivity index (χ0v) is 24.2. The number of ether oxygens (including phenoxy) is 1. The Morgan fingerprint density at radius 3 is 1.84 bits per heavy atom. The van der Waals surface area contributed by atoms with Gasteiger partial charge in [0.15, 0.2) is 6.23 Å². The summed E-state index contributed by atoms with van der Waals surface area (Å²) in [6.45, 7) is 14.3. The highest BCUT2D eigenvalue weighted by Crippen LogP contribution is 2.34. The molecule has 38 heavy (non-hydrogen) atoms. The lowest BCUT2D eigenvalue weighted by Crippen LogP contribution is -2.50. The predicted molar refractivity (Wildman–Crippen MR) is 142 cm³/mol. The fraction of sp³-hybridized carbons (Fsp3) is 0.840. The van der Waals surface area contributed by atoms with Crippen LogP contribution in [0.5, 0.6) is 0 Å². The Labute approximate surface area is 225 Å². The Bertz CT molecular complexity index is 911. The van der Waals surface area contributed by atoms with Crippen molar-refractivity contribution in [3.63, 3.8) is 0 Å². The van der Waals surface area contributed by atoms with E-state index >= 15 is 0 Å². The Hall–Kier alpha value is -1.37. The van der Waals surface area contributed by atoms with Crippen LogP contribution in [-0.4, -0.2) is 80.2 Å². The zero-order chi connectivity index (χ0) is 28.8. The van der Waals surface area contributed by atoms with Crippen molar-refractivity contribution in [2.75, 3.05) is 32.8 Å². The lowest BCUT2D eigenvalue weighted by molar-refractivity contribution is -0.929. The Morgan fingerprint density at radius 2 is 1.45 bits per heavy atom. The summed E-state index contributed by atoms with van der Waals surface area (Å²) in [5.41, 5.74) is -1.53. The van der Waals surface area contributed by atoms with Crippen molar-refractivity contribution in [1.82, 2.24) is 9.55 Å². The van der Waals surface area contributed by atoms with Crippen molar-refractivity contribution >= 4 is 7.82 Å². The molecule has 1 aliphatic rings. The first-order valence-electron chi connectivity index (χ1n) is 13.8. The molecule has 0 bridgehead atoms. The smallest absolute Gasteiger partial charge is 0.330 e.